The molecular formula is C13H25N5O2S. The summed E-state index contributed by atoms with van der Waals surface area (Å²) in [5.74, 6) is 0.389. The van der Waals surface area contributed by atoms with Crippen LogP contribution in [0.3, 0.4) is 0 Å². The van der Waals surface area contributed by atoms with Crippen LogP contribution in [0.2, 0.25) is 0 Å². The quantitative estimate of drug-likeness (QED) is 0.635. The van der Waals surface area contributed by atoms with E-state index in [0.29, 0.717) is 24.6 Å². The predicted octanol–water partition coefficient (Wildman–Crippen LogP) is 0.139. The van der Waals surface area contributed by atoms with Gasteiger partial charge in [0.05, 0.1) is 6.20 Å². The summed E-state index contributed by atoms with van der Waals surface area (Å²) >= 11 is 0. The van der Waals surface area contributed by atoms with Gasteiger partial charge in [0.2, 0.25) is 0 Å². The average molecular weight is 315 g/mol. The van der Waals surface area contributed by atoms with Crippen LogP contribution in [0.15, 0.2) is 11.2 Å². The van der Waals surface area contributed by atoms with E-state index in [1.807, 2.05) is 6.92 Å². The molecule has 0 saturated carbocycles. The van der Waals surface area contributed by atoms with E-state index in [4.69, 9.17) is 0 Å². The van der Waals surface area contributed by atoms with Gasteiger partial charge in [-0.2, -0.15) is 5.10 Å². The highest BCUT2D eigenvalue weighted by Crippen LogP contribution is 2.16. The fourth-order valence-corrected chi connectivity index (χ4v) is 3.83. The first-order valence-corrected chi connectivity index (χ1v) is 9.00. The zero-order valence-corrected chi connectivity index (χ0v) is 13.5. The van der Waals surface area contributed by atoms with Crippen LogP contribution in [-0.2, 0) is 16.6 Å². The van der Waals surface area contributed by atoms with Gasteiger partial charge >= 0.3 is 0 Å². The molecule has 21 heavy (non-hydrogen) atoms. The number of hydrogen-bond acceptors (Lipinski definition) is 5. The number of rotatable bonds is 8. The lowest BCUT2D eigenvalue weighted by Crippen LogP contribution is -2.32. The highest BCUT2D eigenvalue weighted by molar-refractivity contribution is 7.89. The molecule has 1 fully saturated rings. The molecule has 1 atom stereocenters. The molecule has 1 aromatic rings. The summed E-state index contributed by atoms with van der Waals surface area (Å²) in [6, 6.07) is 0. The Morgan fingerprint density at radius 1 is 1.48 bits per heavy atom. The summed E-state index contributed by atoms with van der Waals surface area (Å²) in [7, 11) is -3.52. The molecule has 2 heterocycles. The van der Waals surface area contributed by atoms with Crippen molar-refractivity contribution < 1.29 is 8.42 Å². The van der Waals surface area contributed by atoms with Crippen molar-refractivity contribution in [2.75, 3.05) is 32.7 Å². The molecule has 8 heteroatoms. The number of aromatic amines is 1. The van der Waals surface area contributed by atoms with Crippen LogP contribution in [-0.4, -0.2) is 56.2 Å². The molecule has 1 aliphatic rings. The molecule has 1 aromatic heterocycles. The second-order valence-electron chi connectivity index (χ2n) is 5.40. The van der Waals surface area contributed by atoms with Crippen LogP contribution in [0.1, 0.15) is 25.8 Å². The van der Waals surface area contributed by atoms with Gasteiger partial charge in [-0.1, -0.05) is 13.8 Å². The van der Waals surface area contributed by atoms with E-state index < -0.39 is 10.0 Å². The number of H-pyrrole nitrogens is 1. The van der Waals surface area contributed by atoms with Gasteiger partial charge in [0.15, 0.2) is 5.03 Å². The minimum absolute atomic E-state index is 0.175. The number of likely N-dealkylation sites (tertiary alicyclic amines) is 1. The van der Waals surface area contributed by atoms with Crippen molar-refractivity contribution in [2.45, 2.75) is 31.8 Å². The Morgan fingerprint density at radius 3 is 2.95 bits per heavy atom. The second kappa shape index (κ2) is 7.35. The van der Waals surface area contributed by atoms with E-state index in [0.717, 1.165) is 32.6 Å². The maximum Gasteiger partial charge on any atom is 0.257 e. The maximum atomic E-state index is 12.4. The molecule has 120 valence electrons. The zero-order valence-electron chi connectivity index (χ0n) is 12.7. The number of aromatic nitrogens is 2. The molecule has 3 N–H and O–H groups in total. The molecule has 7 nitrogen and oxygen atoms in total. The highest BCUT2D eigenvalue weighted by atomic mass is 32.2. The van der Waals surface area contributed by atoms with Crippen molar-refractivity contribution in [1.29, 1.82) is 0 Å². The fourth-order valence-electron chi connectivity index (χ4n) is 2.58. The van der Waals surface area contributed by atoms with Crippen LogP contribution in [0.5, 0.6) is 0 Å². The Hall–Kier alpha value is -0.960. The van der Waals surface area contributed by atoms with Gasteiger partial charge in [0.1, 0.15) is 0 Å². The summed E-state index contributed by atoms with van der Waals surface area (Å²) in [6.07, 6.45) is 2.61. The van der Waals surface area contributed by atoms with Crippen molar-refractivity contribution in [3.05, 3.63) is 11.8 Å². The lowest BCUT2D eigenvalue weighted by molar-refractivity contribution is 0.342. The van der Waals surface area contributed by atoms with Crippen molar-refractivity contribution >= 4 is 10.0 Å². The third kappa shape index (κ3) is 4.26. The van der Waals surface area contributed by atoms with Crippen molar-refractivity contribution in [2.24, 2.45) is 5.92 Å². The Morgan fingerprint density at radius 2 is 2.29 bits per heavy atom. The predicted molar refractivity (Wildman–Crippen MR) is 81.4 cm³/mol. The van der Waals surface area contributed by atoms with Gasteiger partial charge in [-0.05, 0) is 32.0 Å². The minimum Gasteiger partial charge on any atom is -0.313 e. The van der Waals surface area contributed by atoms with E-state index in [1.165, 1.54) is 0 Å². The molecule has 1 saturated heterocycles. The SMILES string of the molecule is CCNCc1cn[nH]c1S(=O)(=O)NCC1CCN(CC)C1. The maximum absolute atomic E-state index is 12.4. The topological polar surface area (TPSA) is 90.1 Å². The van der Waals surface area contributed by atoms with Crippen molar-refractivity contribution in [3.8, 4) is 0 Å². The van der Waals surface area contributed by atoms with Crippen molar-refractivity contribution in [1.82, 2.24) is 25.1 Å². The molecule has 0 amide bonds. The standard InChI is InChI=1S/C13H25N5O2S/c1-3-14-8-12-9-15-17-13(12)21(19,20)16-7-11-5-6-18(4-2)10-11/h9,11,14,16H,3-8,10H2,1-2H3,(H,15,17). The fraction of sp³-hybridized carbons (Fsp3) is 0.769. The summed E-state index contributed by atoms with van der Waals surface area (Å²) in [5, 5.41) is 9.74. The molecule has 2 rings (SSSR count). The summed E-state index contributed by atoms with van der Waals surface area (Å²) in [4.78, 5) is 2.34. The summed E-state index contributed by atoms with van der Waals surface area (Å²) in [6.45, 7) is 8.92. The largest absolute Gasteiger partial charge is 0.313 e. The molecule has 1 aliphatic heterocycles. The van der Waals surface area contributed by atoms with E-state index in [2.05, 4.69) is 32.1 Å². The molecule has 0 aliphatic carbocycles. The van der Waals surface area contributed by atoms with Crippen LogP contribution >= 0.6 is 0 Å². The van der Waals surface area contributed by atoms with Gasteiger partial charge < -0.3 is 10.2 Å². The first-order chi connectivity index (χ1) is 10.1. The first kappa shape index (κ1) is 16.4. The minimum atomic E-state index is -3.52. The number of hydrogen-bond donors (Lipinski definition) is 3. The van der Waals surface area contributed by atoms with Gasteiger partial charge in [0.25, 0.3) is 10.0 Å². The third-order valence-electron chi connectivity index (χ3n) is 3.89. The van der Waals surface area contributed by atoms with Gasteiger partial charge in [-0.15, -0.1) is 0 Å². The van der Waals surface area contributed by atoms with Crippen molar-refractivity contribution in [3.63, 3.8) is 0 Å². The van der Waals surface area contributed by atoms with E-state index in [9.17, 15) is 8.42 Å². The molecule has 0 spiro atoms. The smallest absolute Gasteiger partial charge is 0.257 e. The Labute approximate surface area is 126 Å². The van der Waals surface area contributed by atoms with E-state index >= 15 is 0 Å². The average Bonchev–Trinajstić information content (AvgIpc) is 3.12. The molecular weight excluding hydrogens is 290 g/mol. The monoisotopic (exact) mass is 315 g/mol. The first-order valence-electron chi connectivity index (χ1n) is 7.51. The normalized spacial score (nSPS) is 20.2. The van der Waals surface area contributed by atoms with E-state index in [1.54, 1.807) is 6.20 Å². The second-order valence-corrected chi connectivity index (χ2v) is 7.11. The third-order valence-corrected chi connectivity index (χ3v) is 5.33. The highest BCUT2D eigenvalue weighted by Gasteiger charge is 2.25. The number of nitrogens with zero attached hydrogens (tertiary/aromatic N) is 2. The van der Waals surface area contributed by atoms with Gasteiger partial charge in [-0.25, -0.2) is 13.1 Å². The number of sulfonamides is 1. The Bertz CT molecular complexity index is 543. The van der Waals surface area contributed by atoms with Crippen LogP contribution in [0.4, 0.5) is 0 Å². The molecule has 0 aromatic carbocycles. The summed E-state index contributed by atoms with van der Waals surface area (Å²) in [5.41, 5.74) is 0.672. The van der Waals surface area contributed by atoms with Crippen LogP contribution in [0.25, 0.3) is 0 Å². The molecule has 0 radical (unpaired) electrons. The van der Waals surface area contributed by atoms with Gasteiger partial charge in [0, 0.05) is 25.2 Å². The van der Waals surface area contributed by atoms with E-state index in [-0.39, 0.29) is 5.03 Å². The Balaban J connectivity index is 1.94. The van der Waals surface area contributed by atoms with Gasteiger partial charge in [-0.3, -0.25) is 5.10 Å². The molecule has 0 bridgehead atoms. The van der Waals surface area contributed by atoms with Crippen LogP contribution in [0, 0.1) is 5.92 Å². The molecule has 1 unspecified atom stereocenters. The lowest BCUT2D eigenvalue weighted by Gasteiger charge is -2.14. The summed E-state index contributed by atoms with van der Waals surface area (Å²) < 4.78 is 27.4. The number of nitrogens with one attached hydrogen (secondary N) is 3. The van der Waals surface area contributed by atoms with Crippen LogP contribution < -0.4 is 10.0 Å². The lowest BCUT2D eigenvalue weighted by atomic mass is 10.1. The zero-order chi connectivity index (χ0) is 15.3. The Kier molecular flexibility index (Phi) is 5.74.